The van der Waals surface area contributed by atoms with Crippen LogP contribution in [0.15, 0.2) is 91.0 Å². The molecule has 0 aliphatic carbocycles. The quantitative estimate of drug-likeness (QED) is 0.157. The smallest absolute Gasteiger partial charge is 0.416 e. The van der Waals surface area contributed by atoms with E-state index in [4.69, 9.17) is 9.47 Å². The van der Waals surface area contributed by atoms with Crippen molar-refractivity contribution in [2.24, 2.45) is 5.92 Å². The molecular weight excluding hydrogens is 663 g/mol. The van der Waals surface area contributed by atoms with Gasteiger partial charge in [-0.05, 0) is 80.1 Å². The molecule has 51 heavy (non-hydrogen) atoms. The molecule has 4 aromatic rings. The second-order valence-electron chi connectivity index (χ2n) is 13.0. The van der Waals surface area contributed by atoms with Crippen LogP contribution in [-0.4, -0.2) is 70.7 Å². The highest BCUT2D eigenvalue weighted by Gasteiger charge is 2.35. The van der Waals surface area contributed by atoms with E-state index in [9.17, 15) is 33.0 Å². The monoisotopic (exact) mass is 705 g/mol. The SMILES string of the molecule is Cc1ccccc1Oc1ccc(CN(C)C[C@H]2Oc3c(NC(=O)C(O)c4ccc(C(F)(F)F)cc4)cccc3C(=O)N([C@@H](C)CO)C[C@H]2C)cc1. The summed E-state index contributed by atoms with van der Waals surface area (Å²) in [5, 5.41) is 23.4. The fraction of sp³-hybridized carbons (Fsp3) is 0.333. The molecule has 5 rings (SSSR count). The maximum absolute atomic E-state index is 13.8. The summed E-state index contributed by atoms with van der Waals surface area (Å²) in [6.07, 6.45) is -6.86. The second kappa shape index (κ2) is 16.0. The molecule has 1 heterocycles. The molecule has 0 saturated heterocycles. The van der Waals surface area contributed by atoms with E-state index in [1.54, 1.807) is 24.0 Å². The van der Waals surface area contributed by atoms with Crippen molar-refractivity contribution in [3.05, 3.63) is 119 Å². The number of benzene rings is 4. The van der Waals surface area contributed by atoms with Gasteiger partial charge in [0.15, 0.2) is 11.9 Å². The lowest BCUT2D eigenvalue weighted by atomic mass is 9.98. The minimum Gasteiger partial charge on any atom is -0.486 e. The summed E-state index contributed by atoms with van der Waals surface area (Å²) in [6, 6.07) is 23.4. The number of carbonyl (C=O) groups excluding carboxylic acids is 2. The Labute approximate surface area is 295 Å². The Kier molecular flexibility index (Phi) is 11.7. The molecule has 9 nitrogen and oxygen atoms in total. The average molecular weight is 706 g/mol. The van der Waals surface area contributed by atoms with E-state index in [1.807, 2.05) is 69.4 Å². The lowest BCUT2D eigenvalue weighted by Gasteiger charge is -2.38. The van der Waals surface area contributed by atoms with Crippen LogP contribution >= 0.6 is 0 Å². The molecule has 0 spiro atoms. The van der Waals surface area contributed by atoms with E-state index in [2.05, 4.69) is 10.2 Å². The number of amides is 2. The van der Waals surface area contributed by atoms with Gasteiger partial charge in [-0.25, -0.2) is 0 Å². The minimum absolute atomic E-state index is 0.0397. The number of anilines is 1. The van der Waals surface area contributed by atoms with Crippen LogP contribution in [0.25, 0.3) is 0 Å². The number of ether oxygens (including phenoxy) is 2. The largest absolute Gasteiger partial charge is 0.486 e. The van der Waals surface area contributed by atoms with Crippen LogP contribution in [0.1, 0.15) is 52.6 Å². The number of aryl methyl sites for hydroxylation is 1. The number of nitrogens with zero attached hydrogens (tertiary/aromatic N) is 2. The van der Waals surface area contributed by atoms with Gasteiger partial charge in [0.25, 0.3) is 11.8 Å². The second-order valence-corrected chi connectivity index (χ2v) is 13.0. The molecule has 0 bridgehead atoms. The van der Waals surface area contributed by atoms with Gasteiger partial charge in [0.2, 0.25) is 0 Å². The van der Waals surface area contributed by atoms with Gasteiger partial charge in [-0.2, -0.15) is 13.2 Å². The van der Waals surface area contributed by atoms with Crippen LogP contribution in [0.5, 0.6) is 17.2 Å². The van der Waals surface area contributed by atoms with Gasteiger partial charge in [-0.1, -0.05) is 55.5 Å². The first-order valence-electron chi connectivity index (χ1n) is 16.6. The van der Waals surface area contributed by atoms with E-state index in [1.165, 1.54) is 6.07 Å². The predicted molar refractivity (Wildman–Crippen MR) is 187 cm³/mol. The van der Waals surface area contributed by atoms with E-state index >= 15 is 0 Å². The summed E-state index contributed by atoms with van der Waals surface area (Å²) in [6.45, 7) is 6.70. The van der Waals surface area contributed by atoms with Gasteiger partial charge in [0.05, 0.1) is 29.5 Å². The number of nitrogens with one attached hydrogen (secondary N) is 1. The van der Waals surface area contributed by atoms with Crippen LogP contribution in [-0.2, 0) is 17.5 Å². The third kappa shape index (κ3) is 9.07. The first kappa shape index (κ1) is 37.3. The molecule has 12 heteroatoms. The van der Waals surface area contributed by atoms with Crippen molar-refractivity contribution >= 4 is 17.5 Å². The molecule has 270 valence electrons. The molecule has 4 atom stereocenters. The number of hydrogen-bond donors (Lipinski definition) is 3. The molecular formula is C39H42F3N3O6. The van der Waals surface area contributed by atoms with Crippen LogP contribution < -0.4 is 14.8 Å². The number of alkyl halides is 3. The number of aliphatic hydroxyl groups is 2. The average Bonchev–Trinajstić information content (AvgIpc) is 3.10. The fourth-order valence-electron chi connectivity index (χ4n) is 5.91. The summed E-state index contributed by atoms with van der Waals surface area (Å²) < 4.78 is 51.8. The van der Waals surface area contributed by atoms with Crippen molar-refractivity contribution in [3.63, 3.8) is 0 Å². The predicted octanol–water partition coefficient (Wildman–Crippen LogP) is 6.83. The van der Waals surface area contributed by atoms with Crippen LogP contribution in [0.4, 0.5) is 18.9 Å². The molecule has 0 radical (unpaired) electrons. The van der Waals surface area contributed by atoms with E-state index in [-0.39, 0.29) is 35.1 Å². The van der Waals surface area contributed by atoms with E-state index in [0.29, 0.717) is 25.4 Å². The van der Waals surface area contributed by atoms with Gasteiger partial charge in [0, 0.05) is 25.6 Å². The van der Waals surface area contributed by atoms with Crippen LogP contribution in [0.3, 0.4) is 0 Å². The number of rotatable bonds is 11. The van der Waals surface area contributed by atoms with Crippen molar-refractivity contribution in [3.8, 4) is 17.2 Å². The molecule has 1 unspecified atom stereocenters. The number of halogens is 3. The zero-order valence-electron chi connectivity index (χ0n) is 28.9. The maximum atomic E-state index is 13.8. The van der Waals surface area contributed by atoms with Gasteiger partial charge in [-0.3, -0.25) is 14.5 Å². The van der Waals surface area contributed by atoms with Crippen LogP contribution in [0.2, 0.25) is 0 Å². The number of hydrogen-bond acceptors (Lipinski definition) is 7. The number of likely N-dealkylation sites (N-methyl/N-ethyl adjacent to an activating group) is 1. The first-order valence-corrected chi connectivity index (χ1v) is 16.6. The highest BCUT2D eigenvalue weighted by atomic mass is 19.4. The van der Waals surface area contributed by atoms with Gasteiger partial charge >= 0.3 is 6.18 Å². The van der Waals surface area contributed by atoms with Crippen molar-refractivity contribution in [1.29, 1.82) is 0 Å². The van der Waals surface area contributed by atoms with Crippen molar-refractivity contribution in [2.45, 2.75) is 51.7 Å². The number of aliphatic hydroxyl groups excluding tert-OH is 2. The Morgan fingerprint density at radius 3 is 2.37 bits per heavy atom. The Bertz CT molecular complexity index is 1820. The van der Waals surface area contributed by atoms with Crippen molar-refractivity contribution in [1.82, 2.24) is 9.80 Å². The Morgan fingerprint density at radius 1 is 1.04 bits per heavy atom. The molecule has 0 saturated carbocycles. The molecule has 3 N–H and O–H groups in total. The lowest BCUT2D eigenvalue weighted by Crippen LogP contribution is -2.49. The summed E-state index contributed by atoms with van der Waals surface area (Å²) in [5.74, 6) is 0.0463. The first-order chi connectivity index (χ1) is 24.2. The summed E-state index contributed by atoms with van der Waals surface area (Å²) in [4.78, 5) is 30.7. The van der Waals surface area contributed by atoms with Gasteiger partial charge < -0.3 is 29.9 Å². The summed E-state index contributed by atoms with van der Waals surface area (Å²) >= 11 is 0. The number of carbonyl (C=O) groups is 2. The van der Waals surface area contributed by atoms with Gasteiger partial charge in [0.1, 0.15) is 17.6 Å². The van der Waals surface area contributed by atoms with Crippen LogP contribution in [0, 0.1) is 12.8 Å². The summed E-state index contributed by atoms with van der Waals surface area (Å²) in [5.41, 5.74) is 1.38. The van der Waals surface area contributed by atoms with E-state index in [0.717, 1.165) is 41.1 Å². The Balaban J connectivity index is 1.36. The van der Waals surface area contributed by atoms with Crippen molar-refractivity contribution in [2.75, 3.05) is 32.1 Å². The highest BCUT2D eigenvalue weighted by Crippen LogP contribution is 2.36. The topological polar surface area (TPSA) is 112 Å². The molecule has 1 aliphatic rings. The third-order valence-electron chi connectivity index (χ3n) is 8.94. The zero-order chi connectivity index (χ0) is 36.9. The Morgan fingerprint density at radius 2 is 1.73 bits per heavy atom. The van der Waals surface area contributed by atoms with Gasteiger partial charge in [-0.15, -0.1) is 0 Å². The normalized spacial score (nSPS) is 17.5. The Hall–Kier alpha value is -4.91. The molecule has 4 aromatic carbocycles. The summed E-state index contributed by atoms with van der Waals surface area (Å²) in [7, 11) is 1.95. The minimum atomic E-state index is -4.57. The maximum Gasteiger partial charge on any atom is 0.416 e. The van der Waals surface area contributed by atoms with E-state index < -0.39 is 41.8 Å². The fourth-order valence-corrected chi connectivity index (χ4v) is 5.91. The third-order valence-corrected chi connectivity index (χ3v) is 8.94. The zero-order valence-corrected chi connectivity index (χ0v) is 28.9. The van der Waals surface area contributed by atoms with Crippen molar-refractivity contribution < 1.29 is 42.4 Å². The molecule has 0 aromatic heterocycles. The number of para-hydroxylation sites is 2. The molecule has 1 aliphatic heterocycles. The molecule has 2 amide bonds. The molecule has 0 fully saturated rings. The lowest BCUT2D eigenvalue weighted by molar-refractivity contribution is -0.137. The highest BCUT2D eigenvalue weighted by molar-refractivity contribution is 6.02. The number of fused-ring (bicyclic) bond motifs is 1. The standard InChI is InChI=1S/C39H42F3N3O6/c1-24-8-5-6-11-33(24)50-30-18-12-27(13-19-30)21-44(4)22-34-25(2)20-45(26(3)23-46)38(49)31-9-7-10-32(36(31)51-34)43-37(48)35(47)28-14-16-29(17-15-28)39(40,41)42/h5-19,25-26,34-35,46-47H,20-23H2,1-4H3,(H,43,48)/t25-,26+,34-,35?/m1/s1.